The Hall–Kier alpha value is -0.590. The Bertz CT molecular complexity index is 325. The van der Waals surface area contributed by atoms with Gasteiger partial charge >= 0.3 is 0 Å². The summed E-state index contributed by atoms with van der Waals surface area (Å²) in [6, 6.07) is 2.60. The number of rotatable bonds is 6. The summed E-state index contributed by atoms with van der Waals surface area (Å²) in [5.74, 6) is 0. The number of nitrogens with zero attached hydrogens (tertiary/aromatic N) is 2. The predicted molar refractivity (Wildman–Crippen MR) is 83.5 cm³/mol. The maximum absolute atomic E-state index is 9.63. The van der Waals surface area contributed by atoms with Gasteiger partial charge < -0.3 is 4.90 Å². The van der Waals surface area contributed by atoms with Crippen molar-refractivity contribution in [2.24, 2.45) is 5.41 Å². The number of nitrogens with one attached hydrogen (secondary N) is 1. The monoisotopic (exact) mass is 277 g/mol. The number of hydrogen-bond donors (Lipinski definition) is 1. The highest BCUT2D eigenvalue weighted by molar-refractivity contribution is 5.11. The average Bonchev–Trinajstić information content (AvgIpc) is 2.95. The van der Waals surface area contributed by atoms with Gasteiger partial charge in [0.1, 0.15) is 5.54 Å². The van der Waals surface area contributed by atoms with Gasteiger partial charge in [-0.1, -0.05) is 26.7 Å². The molecule has 0 amide bonds. The third kappa shape index (κ3) is 3.54. The van der Waals surface area contributed by atoms with Gasteiger partial charge in [-0.3, -0.25) is 5.32 Å². The minimum Gasteiger partial charge on any atom is -0.303 e. The summed E-state index contributed by atoms with van der Waals surface area (Å²) in [6.07, 6.45) is 10.3. The van der Waals surface area contributed by atoms with E-state index in [1.54, 1.807) is 0 Å². The third-order valence-corrected chi connectivity index (χ3v) is 5.83. The molecule has 2 rings (SSSR count). The van der Waals surface area contributed by atoms with E-state index in [1.165, 1.54) is 38.5 Å². The molecule has 0 radical (unpaired) electrons. The van der Waals surface area contributed by atoms with Crippen molar-refractivity contribution in [3.63, 3.8) is 0 Å². The molecule has 2 aliphatic carbocycles. The minimum absolute atomic E-state index is 0.235. The number of likely N-dealkylation sites (N-methyl/N-ethyl adjacent to an activating group) is 1. The number of hydrogen-bond acceptors (Lipinski definition) is 3. The van der Waals surface area contributed by atoms with Crippen molar-refractivity contribution in [1.29, 1.82) is 5.26 Å². The zero-order chi connectivity index (χ0) is 14.5. The van der Waals surface area contributed by atoms with Gasteiger partial charge in [0.25, 0.3) is 0 Å². The lowest BCUT2D eigenvalue weighted by Gasteiger charge is -2.42. The molecule has 0 aromatic carbocycles. The standard InChI is InChI=1S/C17H31N3/c1-3-20(4-2)14-13-19-17(15-18)11-9-16(10-12-17)7-5-6-8-16/h19H,3-14H2,1-2H3. The Morgan fingerprint density at radius 1 is 1.00 bits per heavy atom. The van der Waals surface area contributed by atoms with E-state index in [9.17, 15) is 5.26 Å². The fraction of sp³-hybridized carbons (Fsp3) is 0.941. The molecule has 0 heterocycles. The van der Waals surface area contributed by atoms with Crippen LogP contribution in [0.4, 0.5) is 0 Å². The molecule has 20 heavy (non-hydrogen) atoms. The van der Waals surface area contributed by atoms with Crippen molar-refractivity contribution < 1.29 is 0 Å². The highest BCUT2D eigenvalue weighted by Crippen LogP contribution is 2.51. The molecule has 114 valence electrons. The van der Waals surface area contributed by atoms with Crippen LogP contribution in [0.5, 0.6) is 0 Å². The fourth-order valence-corrected chi connectivity index (χ4v) is 4.15. The topological polar surface area (TPSA) is 39.1 Å². The predicted octanol–water partition coefficient (Wildman–Crippen LogP) is 3.31. The fourth-order valence-electron chi connectivity index (χ4n) is 4.15. The van der Waals surface area contributed by atoms with Crippen molar-refractivity contribution >= 4 is 0 Å². The van der Waals surface area contributed by atoms with Gasteiger partial charge in [0.15, 0.2) is 0 Å². The van der Waals surface area contributed by atoms with Crippen LogP contribution >= 0.6 is 0 Å². The Labute approximate surface area is 124 Å². The van der Waals surface area contributed by atoms with Crippen LogP contribution in [0.25, 0.3) is 0 Å². The van der Waals surface area contributed by atoms with Gasteiger partial charge in [-0.05, 0) is 57.0 Å². The molecule has 0 unspecified atom stereocenters. The summed E-state index contributed by atoms with van der Waals surface area (Å²) in [5, 5.41) is 13.2. The molecule has 0 aromatic heterocycles. The molecule has 3 nitrogen and oxygen atoms in total. The summed E-state index contributed by atoms with van der Waals surface area (Å²) in [5.41, 5.74) is 0.377. The molecule has 2 fully saturated rings. The first kappa shape index (κ1) is 15.8. The highest BCUT2D eigenvalue weighted by Gasteiger charge is 2.43. The first-order valence-electron chi connectivity index (χ1n) is 8.56. The van der Waals surface area contributed by atoms with Crippen molar-refractivity contribution in [2.45, 2.75) is 70.8 Å². The summed E-state index contributed by atoms with van der Waals surface area (Å²) >= 11 is 0. The molecular formula is C17H31N3. The second-order valence-corrected chi connectivity index (χ2v) is 6.85. The van der Waals surface area contributed by atoms with Gasteiger partial charge in [-0.15, -0.1) is 0 Å². The second kappa shape index (κ2) is 6.91. The van der Waals surface area contributed by atoms with Crippen LogP contribution in [0.2, 0.25) is 0 Å². The van der Waals surface area contributed by atoms with Crippen molar-refractivity contribution in [1.82, 2.24) is 10.2 Å². The van der Waals surface area contributed by atoms with Crippen LogP contribution in [-0.2, 0) is 0 Å². The molecule has 0 aliphatic heterocycles. The maximum Gasteiger partial charge on any atom is 0.106 e. The molecule has 0 atom stereocenters. The zero-order valence-corrected chi connectivity index (χ0v) is 13.4. The lowest BCUT2D eigenvalue weighted by Crippen LogP contribution is -2.50. The van der Waals surface area contributed by atoms with E-state index in [0.717, 1.165) is 39.0 Å². The van der Waals surface area contributed by atoms with Gasteiger partial charge in [0.05, 0.1) is 6.07 Å². The molecule has 0 saturated heterocycles. The summed E-state index contributed by atoms with van der Waals surface area (Å²) in [6.45, 7) is 8.60. The van der Waals surface area contributed by atoms with E-state index in [-0.39, 0.29) is 5.54 Å². The summed E-state index contributed by atoms with van der Waals surface area (Å²) in [7, 11) is 0. The van der Waals surface area contributed by atoms with Gasteiger partial charge in [-0.25, -0.2) is 0 Å². The Balaban J connectivity index is 1.81. The van der Waals surface area contributed by atoms with Gasteiger partial charge in [-0.2, -0.15) is 5.26 Å². The quantitative estimate of drug-likeness (QED) is 0.809. The largest absolute Gasteiger partial charge is 0.303 e. The lowest BCUT2D eigenvalue weighted by atomic mass is 9.67. The van der Waals surface area contributed by atoms with Gasteiger partial charge in [0.2, 0.25) is 0 Å². The Morgan fingerprint density at radius 3 is 2.10 bits per heavy atom. The average molecular weight is 277 g/mol. The Kier molecular flexibility index (Phi) is 5.46. The van der Waals surface area contributed by atoms with Crippen LogP contribution in [0, 0.1) is 16.7 Å². The Morgan fingerprint density at radius 2 is 1.60 bits per heavy atom. The maximum atomic E-state index is 9.63. The highest BCUT2D eigenvalue weighted by atomic mass is 15.1. The van der Waals surface area contributed by atoms with Crippen molar-refractivity contribution in [3.05, 3.63) is 0 Å². The van der Waals surface area contributed by atoms with Crippen LogP contribution in [0.15, 0.2) is 0 Å². The second-order valence-electron chi connectivity index (χ2n) is 6.85. The van der Waals surface area contributed by atoms with Crippen LogP contribution in [-0.4, -0.2) is 36.6 Å². The SMILES string of the molecule is CCN(CC)CCNC1(C#N)CCC2(CCCC2)CC1. The number of nitriles is 1. The third-order valence-electron chi connectivity index (χ3n) is 5.83. The van der Waals surface area contributed by atoms with Crippen LogP contribution in [0.1, 0.15) is 65.2 Å². The van der Waals surface area contributed by atoms with E-state index in [0.29, 0.717) is 5.41 Å². The first-order valence-corrected chi connectivity index (χ1v) is 8.56. The molecule has 0 aromatic rings. The van der Waals surface area contributed by atoms with Crippen LogP contribution in [0.3, 0.4) is 0 Å². The van der Waals surface area contributed by atoms with Crippen molar-refractivity contribution in [3.8, 4) is 6.07 Å². The normalized spacial score (nSPS) is 24.1. The zero-order valence-electron chi connectivity index (χ0n) is 13.4. The first-order chi connectivity index (χ1) is 9.67. The molecule has 0 bridgehead atoms. The van der Waals surface area contributed by atoms with E-state index in [4.69, 9.17) is 0 Å². The van der Waals surface area contributed by atoms with Gasteiger partial charge in [0, 0.05) is 13.1 Å². The minimum atomic E-state index is -0.235. The van der Waals surface area contributed by atoms with E-state index < -0.39 is 0 Å². The molecule has 2 saturated carbocycles. The van der Waals surface area contributed by atoms with Crippen molar-refractivity contribution in [2.75, 3.05) is 26.2 Å². The molecule has 3 heteroatoms. The molecular weight excluding hydrogens is 246 g/mol. The summed E-state index contributed by atoms with van der Waals surface area (Å²) < 4.78 is 0. The summed E-state index contributed by atoms with van der Waals surface area (Å²) in [4.78, 5) is 2.42. The molecule has 1 N–H and O–H groups in total. The molecule has 2 aliphatic rings. The van der Waals surface area contributed by atoms with Crippen LogP contribution < -0.4 is 5.32 Å². The lowest BCUT2D eigenvalue weighted by molar-refractivity contribution is 0.137. The molecule has 1 spiro atoms. The smallest absolute Gasteiger partial charge is 0.106 e. The van der Waals surface area contributed by atoms with E-state index in [1.807, 2.05) is 0 Å². The van der Waals surface area contributed by atoms with E-state index >= 15 is 0 Å². The van der Waals surface area contributed by atoms with E-state index in [2.05, 4.69) is 30.1 Å².